The molecule has 6 heteroatoms. The van der Waals surface area contributed by atoms with E-state index in [2.05, 4.69) is 36.7 Å². The van der Waals surface area contributed by atoms with Crippen LogP contribution < -0.4 is 5.32 Å². The van der Waals surface area contributed by atoms with Crippen LogP contribution in [0.1, 0.15) is 39.1 Å². The largest absolute Gasteiger partial charge is 0.378 e. The Balaban J connectivity index is 1.65. The number of nitrogens with one attached hydrogen (secondary N) is 1. The van der Waals surface area contributed by atoms with Crippen molar-refractivity contribution in [2.45, 2.75) is 45.8 Å². The van der Waals surface area contributed by atoms with Gasteiger partial charge < -0.3 is 19.5 Å². The number of morpholine rings is 1. The van der Waals surface area contributed by atoms with Crippen molar-refractivity contribution in [3.63, 3.8) is 0 Å². The molecule has 1 N–H and O–H groups in total. The minimum atomic E-state index is 0.0832. The molecule has 3 rings (SSSR count). The second-order valence-electron chi connectivity index (χ2n) is 6.69. The van der Waals surface area contributed by atoms with E-state index in [1.165, 1.54) is 0 Å². The smallest absolute Gasteiger partial charge is 0.224 e. The third-order valence-corrected chi connectivity index (χ3v) is 4.77. The number of para-hydroxylation sites is 2. The molecule has 0 radical (unpaired) electrons. The van der Waals surface area contributed by atoms with Crippen LogP contribution in [-0.2, 0) is 16.1 Å². The standard InChI is InChI=1S/C19H28N4O2/c1-4-23-17-8-6-5-7-16(17)21-19(23)15(3)20-14(2)13-18(24)22-9-11-25-12-10-22/h5-8,14-15,20H,4,9-13H2,1-3H3. The summed E-state index contributed by atoms with van der Waals surface area (Å²) in [5.41, 5.74) is 2.18. The number of hydrogen-bond acceptors (Lipinski definition) is 4. The highest BCUT2D eigenvalue weighted by molar-refractivity contribution is 5.77. The molecule has 1 fully saturated rings. The van der Waals surface area contributed by atoms with Gasteiger partial charge in [0.2, 0.25) is 5.91 Å². The van der Waals surface area contributed by atoms with Gasteiger partial charge >= 0.3 is 0 Å². The average Bonchev–Trinajstić information content (AvgIpc) is 3.01. The van der Waals surface area contributed by atoms with Gasteiger partial charge in [-0.15, -0.1) is 0 Å². The molecular weight excluding hydrogens is 316 g/mol. The van der Waals surface area contributed by atoms with Crippen LogP contribution in [-0.4, -0.2) is 52.7 Å². The van der Waals surface area contributed by atoms with Crippen LogP contribution in [0.2, 0.25) is 0 Å². The van der Waals surface area contributed by atoms with Crippen molar-refractivity contribution in [2.75, 3.05) is 26.3 Å². The Kier molecular flexibility index (Phi) is 5.71. The second-order valence-corrected chi connectivity index (χ2v) is 6.69. The maximum absolute atomic E-state index is 12.4. The van der Waals surface area contributed by atoms with E-state index in [-0.39, 0.29) is 18.0 Å². The van der Waals surface area contributed by atoms with Gasteiger partial charge in [-0.05, 0) is 32.9 Å². The lowest BCUT2D eigenvalue weighted by molar-refractivity contribution is -0.135. The van der Waals surface area contributed by atoms with Gasteiger partial charge in [0.05, 0.1) is 30.3 Å². The first-order valence-corrected chi connectivity index (χ1v) is 9.17. The molecule has 2 unspecified atom stereocenters. The Morgan fingerprint density at radius 2 is 2.00 bits per heavy atom. The first kappa shape index (κ1) is 17.9. The lowest BCUT2D eigenvalue weighted by Gasteiger charge is -2.28. The summed E-state index contributed by atoms with van der Waals surface area (Å²) in [6.45, 7) is 9.88. The summed E-state index contributed by atoms with van der Waals surface area (Å²) in [5, 5.41) is 3.54. The number of amides is 1. The number of aromatic nitrogens is 2. The van der Waals surface area contributed by atoms with Gasteiger partial charge in [0, 0.05) is 32.1 Å². The van der Waals surface area contributed by atoms with Gasteiger partial charge in [-0.1, -0.05) is 12.1 Å². The molecular formula is C19H28N4O2. The van der Waals surface area contributed by atoms with Gasteiger partial charge in [0.1, 0.15) is 5.82 Å². The summed E-state index contributed by atoms with van der Waals surface area (Å²) in [4.78, 5) is 19.1. The molecule has 1 amide bonds. The van der Waals surface area contributed by atoms with Crippen molar-refractivity contribution >= 4 is 16.9 Å². The van der Waals surface area contributed by atoms with Crippen LogP contribution >= 0.6 is 0 Å². The zero-order valence-corrected chi connectivity index (χ0v) is 15.4. The van der Waals surface area contributed by atoms with Crippen molar-refractivity contribution in [3.05, 3.63) is 30.1 Å². The van der Waals surface area contributed by atoms with Gasteiger partial charge in [0.15, 0.2) is 0 Å². The van der Waals surface area contributed by atoms with Crippen LogP contribution in [0, 0.1) is 0 Å². The van der Waals surface area contributed by atoms with Crippen molar-refractivity contribution in [3.8, 4) is 0 Å². The third-order valence-electron chi connectivity index (χ3n) is 4.77. The molecule has 1 aromatic heterocycles. The molecule has 1 aromatic carbocycles. The fourth-order valence-electron chi connectivity index (χ4n) is 3.52. The lowest BCUT2D eigenvalue weighted by Crippen LogP contribution is -2.43. The van der Waals surface area contributed by atoms with Gasteiger partial charge in [-0.3, -0.25) is 4.79 Å². The number of benzene rings is 1. The molecule has 1 aliphatic heterocycles. The van der Waals surface area contributed by atoms with Crippen LogP contribution in [0.25, 0.3) is 11.0 Å². The molecule has 6 nitrogen and oxygen atoms in total. The summed E-state index contributed by atoms with van der Waals surface area (Å²) in [6.07, 6.45) is 0.497. The summed E-state index contributed by atoms with van der Waals surface area (Å²) in [5.74, 6) is 1.22. The maximum Gasteiger partial charge on any atom is 0.224 e. The first-order chi connectivity index (χ1) is 12.1. The highest BCUT2D eigenvalue weighted by Crippen LogP contribution is 2.21. The van der Waals surface area contributed by atoms with Gasteiger partial charge in [-0.2, -0.15) is 0 Å². The number of imidazole rings is 1. The molecule has 1 aliphatic rings. The van der Waals surface area contributed by atoms with E-state index in [1.807, 2.05) is 23.1 Å². The highest BCUT2D eigenvalue weighted by Gasteiger charge is 2.22. The minimum absolute atomic E-state index is 0.0832. The predicted octanol–water partition coefficient (Wildman–Crippen LogP) is 2.34. The Morgan fingerprint density at radius 3 is 2.72 bits per heavy atom. The van der Waals surface area contributed by atoms with Gasteiger partial charge in [0.25, 0.3) is 0 Å². The topological polar surface area (TPSA) is 59.4 Å². The summed E-state index contributed by atoms with van der Waals surface area (Å²) in [6, 6.07) is 8.38. The SMILES string of the molecule is CCn1c(C(C)NC(C)CC(=O)N2CCOCC2)nc2ccccc21. The van der Waals surface area contributed by atoms with E-state index in [1.54, 1.807) is 0 Å². The molecule has 0 aliphatic carbocycles. The Bertz CT molecular complexity index is 721. The second kappa shape index (κ2) is 7.97. The van der Waals surface area contributed by atoms with Crippen LogP contribution in [0.4, 0.5) is 0 Å². The highest BCUT2D eigenvalue weighted by atomic mass is 16.5. The van der Waals surface area contributed by atoms with Crippen molar-refractivity contribution in [1.29, 1.82) is 0 Å². The van der Waals surface area contributed by atoms with E-state index in [9.17, 15) is 4.79 Å². The Hall–Kier alpha value is -1.92. The van der Waals surface area contributed by atoms with Gasteiger partial charge in [-0.25, -0.2) is 4.98 Å². The fraction of sp³-hybridized carbons (Fsp3) is 0.579. The van der Waals surface area contributed by atoms with Crippen molar-refractivity contribution in [1.82, 2.24) is 19.8 Å². The summed E-state index contributed by atoms with van der Waals surface area (Å²) in [7, 11) is 0. The van der Waals surface area contributed by atoms with Crippen molar-refractivity contribution < 1.29 is 9.53 Å². The quantitative estimate of drug-likeness (QED) is 0.874. The first-order valence-electron chi connectivity index (χ1n) is 9.17. The summed E-state index contributed by atoms with van der Waals surface area (Å²) < 4.78 is 7.55. The molecule has 25 heavy (non-hydrogen) atoms. The van der Waals surface area contributed by atoms with Crippen molar-refractivity contribution in [2.24, 2.45) is 0 Å². The zero-order chi connectivity index (χ0) is 17.8. The Morgan fingerprint density at radius 1 is 1.28 bits per heavy atom. The molecule has 0 spiro atoms. The van der Waals surface area contributed by atoms with Crippen LogP contribution in [0.15, 0.2) is 24.3 Å². The number of fused-ring (bicyclic) bond motifs is 1. The van der Waals surface area contributed by atoms with E-state index in [0.717, 1.165) is 23.4 Å². The number of rotatable bonds is 6. The van der Waals surface area contributed by atoms with E-state index in [0.29, 0.717) is 32.7 Å². The lowest BCUT2D eigenvalue weighted by atomic mass is 10.1. The number of ether oxygens (including phenoxy) is 1. The number of carbonyl (C=O) groups excluding carboxylic acids is 1. The average molecular weight is 344 g/mol. The molecule has 136 valence electrons. The third kappa shape index (κ3) is 4.02. The molecule has 0 bridgehead atoms. The number of aryl methyl sites for hydroxylation is 1. The molecule has 0 saturated carbocycles. The monoisotopic (exact) mass is 344 g/mol. The number of hydrogen-bond donors (Lipinski definition) is 1. The van der Waals surface area contributed by atoms with E-state index >= 15 is 0 Å². The normalized spacial score (nSPS) is 17.6. The Labute approximate surface area is 149 Å². The summed E-state index contributed by atoms with van der Waals surface area (Å²) >= 11 is 0. The fourth-order valence-corrected chi connectivity index (χ4v) is 3.52. The predicted molar refractivity (Wildman–Crippen MR) is 98.4 cm³/mol. The van der Waals surface area contributed by atoms with E-state index < -0.39 is 0 Å². The molecule has 1 saturated heterocycles. The zero-order valence-electron chi connectivity index (χ0n) is 15.4. The van der Waals surface area contributed by atoms with E-state index in [4.69, 9.17) is 9.72 Å². The molecule has 2 aromatic rings. The minimum Gasteiger partial charge on any atom is -0.378 e. The van der Waals surface area contributed by atoms with Crippen LogP contribution in [0.3, 0.4) is 0 Å². The molecule has 2 atom stereocenters. The number of carbonyl (C=O) groups is 1. The van der Waals surface area contributed by atoms with Crippen LogP contribution in [0.5, 0.6) is 0 Å². The maximum atomic E-state index is 12.4. The number of nitrogens with zero attached hydrogens (tertiary/aromatic N) is 3. The molecule has 2 heterocycles.